The average Bonchev–Trinajstić information content (AvgIpc) is 2.54. The van der Waals surface area contributed by atoms with Gasteiger partial charge in [-0.25, -0.2) is 0 Å². The van der Waals surface area contributed by atoms with Gasteiger partial charge in [0.2, 0.25) is 0 Å². The Kier molecular flexibility index (Phi) is 4.49. The lowest BCUT2D eigenvalue weighted by Gasteiger charge is -2.13. The molecule has 1 aliphatic rings. The van der Waals surface area contributed by atoms with Crippen LogP contribution in [0.1, 0.15) is 0 Å². The Morgan fingerprint density at radius 2 is 1.93 bits per heavy atom. The van der Waals surface area contributed by atoms with Gasteiger partial charge < -0.3 is 10.1 Å². The van der Waals surface area contributed by atoms with Crippen molar-refractivity contribution in [1.82, 2.24) is 10.2 Å². The molecule has 0 aromatic rings. The minimum absolute atomic E-state index is 0.232. The second-order valence-electron chi connectivity index (χ2n) is 2.80. The first kappa shape index (κ1) is 11.4. The van der Waals surface area contributed by atoms with Crippen LogP contribution in [0.3, 0.4) is 0 Å². The lowest BCUT2D eigenvalue weighted by molar-refractivity contribution is -0.137. The summed E-state index contributed by atoms with van der Waals surface area (Å²) in [7, 11) is 0. The molecule has 6 nitrogen and oxygen atoms in total. The normalized spacial score (nSPS) is 14.8. The molecule has 0 fully saturated rings. The molecule has 0 aliphatic carbocycles. The zero-order chi connectivity index (χ0) is 11.1. The van der Waals surface area contributed by atoms with Crippen molar-refractivity contribution in [3.05, 3.63) is 12.2 Å². The van der Waals surface area contributed by atoms with Gasteiger partial charge in [0, 0.05) is 18.7 Å². The molecule has 15 heavy (non-hydrogen) atoms. The quantitative estimate of drug-likeness (QED) is 0.319. The van der Waals surface area contributed by atoms with Crippen molar-refractivity contribution in [2.75, 3.05) is 26.3 Å². The SMILES string of the molecule is O=[C]NCCOCCN1C(=O)C=CC1=O. The van der Waals surface area contributed by atoms with Gasteiger partial charge in [-0.2, -0.15) is 0 Å². The van der Waals surface area contributed by atoms with Crippen LogP contribution in [0.15, 0.2) is 12.2 Å². The van der Waals surface area contributed by atoms with Crippen molar-refractivity contribution in [3.8, 4) is 0 Å². The summed E-state index contributed by atoms with van der Waals surface area (Å²) >= 11 is 0. The molecule has 6 heteroatoms. The number of ether oxygens (including phenoxy) is 1. The monoisotopic (exact) mass is 211 g/mol. The largest absolute Gasteiger partial charge is 0.378 e. The van der Waals surface area contributed by atoms with E-state index in [1.54, 1.807) is 0 Å². The molecule has 0 saturated heterocycles. The summed E-state index contributed by atoms with van der Waals surface area (Å²) in [6, 6.07) is 0. The van der Waals surface area contributed by atoms with Crippen molar-refractivity contribution >= 4 is 18.2 Å². The first-order chi connectivity index (χ1) is 7.25. The predicted molar refractivity (Wildman–Crippen MR) is 50.4 cm³/mol. The zero-order valence-electron chi connectivity index (χ0n) is 8.06. The Morgan fingerprint density at radius 3 is 2.53 bits per heavy atom. The Bertz CT molecular complexity index is 270. The highest BCUT2D eigenvalue weighted by molar-refractivity contribution is 6.12. The summed E-state index contributed by atoms with van der Waals surface area (Å²) in [5, 5.41) is 2.30. The van der Waals surface area contributed by atoms with Crippen molar-refractivity contribution in [1.29, 1.82) is 0 Å². The zero-order valence-corrected chi connectivity index (χ0v) is 8.06. The number of hydrogen-bond donors (Lipinski definition) is 1. The molecule has 1 rings (SSSR count). The summed E-state index contributed by atoms with van der Waals surface area (Å²) in [6.07, 6.45) is 3.96. The van der Waals surface area contributed by atoms with Crippen LogP contribution in [0.5, 0.6) is 0 Å². The van der Waals surface area contributed by atoms with Gasteiger partial charge in [-0.05, 0) is 0 Å². The van der Waals surface area contributed by atoms with E-state index in [9.17, 15) is 14.4 Å². The van der Waals surface area contributed by atoms with Crippen molar-refractivity contribution in [3.63, 3.8) is 0 Å². The molecular weight excluding hydrogens is 200 g/mol. The summed E-state index contributed by atoms with van der Waals surface area (Å²) in [5.41, 5.74) is 0. The summed E-state index contributed by atoms with van der Waals surface area (Å²) in [4.78, 5) is 32.9. The molecule has 0 unspecified atom stereocenters. The van der Waals surface area contributed by atoms with Crippen LogP contribution in [-0.2, 0) is 19.1 Å². The van der Waals surface area contributed by atoms with Gasteiger partial charge in [-0.15, -0.1) is 0 Å². The molecule has 0 atom stereocenters. The number of amides is 3. The second kappa shape index (κ2) is 5.92. The van der Waals surface area contributed by atoms with E-state index in [1.165, 1.54) is 18.6 Å². The Hall–Kier alpha value is -1.69. The number of imide groups is 1. The van der Waals surface area contributed by atoms with E-state index < -0.39 is 0 Å². The smallest absolute Gasteiger partial charge is 0.309 e. The van der Waals surface area contributed by atoms with E-state index in [0.29, 0.717) is 13.2 Å². The Labute approximate surface area is 86.9 Å². The molecule has 0 aromatic heterocycles. The van der Waals surface area contributed by atoms with Gasteiger partial charge in [0.05, 0.1) is 19.8 Å². The third-order valence-electron chi connectivity index (χ3n) is 1.80. The molecule has 0 aromatic carbocycles. The van der Waals surface area contributed by atoms with Crippen LogP contribution in [0.2, 0.25) is 0 Å². The van der Waals surface area contributed by atoms with E-state index in [1.807, 2.05) is 0 Å². The standard InChI is InChI=1S/C9H11N2O4/c12-7-10-3-5-15-6-4-11-8(13)1-2-9(11)14/h1-2H,3-6H2,(H,10,12). The minimum atomic E-state index is -0.317. The van der Waals surface area contributed by atoms with Crippen LogP contribution in [-0.4, -0.2) is 49.4 Å². The van der Waals surface area contributed by atoms with E-state index >= 15 is 0 Å². The van der Waals surface area contributed by atoms with Gasteiger partial charge in [0.15, 0.2) is 0 Å². The Balaban J connectivity index is 2.08. The van der Waals surface area contributed by atoms with Crippen LogP contribution < -0.4 is 5.32 Å². The van der Waals surface area contributed by atoms with E-state index in [2.05, 4.69) is 5.32 Å². The summed E-state index contributed by atoms with van der Waals surface area (Å²) < 4.78 is 5.08. The average molecular weight is 211 g/mol. The molecule has 0 spiro atoms. The maximum Gasteiger partial charge on any atom is 0.309 e. The number of carbonyl (C=O) groups excluding carboxylic acids is 3. The molecular formula is C9H11N2O4. The van der Waals surface area contributed by atoms with Gasteiger partial charge in [-0.1, -0.05) is 0 Å². The minimum Gasteiger partial charge on any atom is -0.378 e. The van der Waals surface area contributed by atoms with Crippen LogP contribution >= 0.6 is 0 Å². The third kappa shape index (κ3) is 3.51. The van der Waals surface area contributed by atoms with Gasteiger partial charge >= 0.3 is 6.41 Å². The first-order valence-corrected chi connectivity index (χ1v) is 4.47. The van der Waals surface area contributed by atoms with Crippen molar-refractivity contribution in [2.45, 2.75) is 0 Å². The van der Waals surface area contributed by atoms with Crippen molar-refractivity contribution in [2.24, 2.45) is 0 Å². The molecule has 81 valence electrons. The van der Waals surface area contributed by atoms with E-state index in [-0.39, 0.29) is 25.0 Å². The lowest BCUT2D eigenvalue weighted by atomic mass is 10.5. The number of nitrogens with one attached hydrogen (secondary N) is 1. The molecule has 0 saturated carbocycles. The number of rotatable bonds is 7. The van der Waals surface area contributed by atoms with Gasteiger partial charge in [-0.3, -0.25) is 19.3 Å². The molecule has 1 radical (unpaired) electrons. The lowest BCUT2D eigenvalue weighted by Crippen LogP contribution is -2.33. The highest BCUT2D eigenvalue weighted by atomic mass is 16.5. The fraction of sp³-hybridized carbons (Fsp3) is 0.444. The molecule has 0 bridgehead atoms. The highest BCUT2D eigenvalue weighted by Crippen LogP contribution is 2.02. The number of carbonyl (C=O) groups is 2. The number of nitrogens with zero attached hydrogens (tertiary/aromatic N) is 1. The molecule has 1 aliphatic heterocycles. The van der Waals surface area contributed by atoms with Crippen LogP contribution in [0.25, 0.3) is 0 Å². The second-order valence-corrected chi connectivity index (χ2v) is 2.80. The predicted octanol–water partition coefficient (Wildman–Crippen LogP) is -1.42. The molecule has 1 N–H and O–H groups in total. The molecule has 1 heterocycles. The first-order valence-electron chi connectivity index (χ1n) is 4.47. The molecule has 3 amide bonds. The maximum absolute atomic E-state index is 11.0. The summed E-state index contributed by atoms with van der Waals surface area (Å²) in [5.74, 6) is -0.633. The van der Waals surface area contributed by atoms with Crippen LogP contribution in [0, 0.1) is 0 Å². The van der Waals surface area contributed by atoms with Crippen molar-refractivity contribution < 1.29 is 19.1 Å². The van der Waals surface area contributed by atoms with Crippen LogP contribution in [0.4, 0.5) is 0 Å². The summed E-state index contributed by atoms with van der Waals surface area (Å²) in [6.45, 7) is 1.19. The van der Waals surface area contributed by atoms with E-state index in [0.717, 1.165) is 4.90 Å². The fourth-order valence-electron chi connectivity index (χ4n) is 1.08. The van der Waals surface area contributed by atoms with Gasteiger partial charge in [0.1, 0.15) is 0 Å². The topological polar surface area (TPSA) is 75.7 Å². The third-order valence-corrected chi connectivity index (χ3v) is 1.80. The fourth-order valence-corrected chi connectivity index (χ4v) is 1.08. The van der Waals surface area contributed by atoms with Gasteiger partial charge in [0.25, 0.3) is 11.8 Å². The Morgan fingerprint density at radius 1 is 1.27 bits per heavy atom. The number of hydrogen-bond acceptors (Lipinski definition) is 4. The maximum atomic E-state index is 11.0. The highest BCUT2D eigenvalue weighted by Gasteiger charge is 2.22. The van der Waals surface area contributed by atoms with E-state index in [4.69, 9.17) is 4.74 Å².